The lowest BCUT2D eigenvalue weighted by Crippen LogP contribution is -2.51. The predicted molar refractivity (Wildman–Crippen MR) is 145 cm³/mol. The Labute approximate surface area is 227 Å². The molecule has 8 nitrogen and oxygen atoms in total. The molecule has 198 valence electrons. The Balaban J connectivity index is 2.43. The second kappa shape index (κ2) is 13.4. The highest BCUT2D eigenvalue weighted by Crippen LogP contribution is 2.35. The van der Waals surface area contributed by atoms with Crippen molar-refractivity contribution in [3.05, 3.63) is 57.0 Å². The number of hydrogen-bond acceptors (Lipinski definition) is 5. The number of amides is 2. The average molecular weight is 579 g/mol. The zero-order valence-corrected chi connectivity index (χ0v) is 23.6. The summed E-state index contributed by atoms with van der Waals surface area (Å²) in [6.45, 7) is 3.51. The molecule has 1 unspecified atom stereocenters. The van der Waals surface area contributed by atoms with Gasteiger partial charge in [-0.15, -0.1) is 0 Å². The van der Waals surface area contributed by atoms with E-state index < -0.39 is 28.5 Å². The predicted octanol–water partition coefficient (Wildman–Crippen LogP) is 4.76. The highest BCUT2D eigenvalue weighted by molar-refractivity contribution is 7.92. The summed E-state index contributed by atoms with van der Waals surface area (Å²) in [4.78, 5) is 27.7. The van der Waals surface area contributed by atoms with Crippen molar-refractivity contribution in [2.24, 2.45) is 0 Å². The van der Waals surface area contributed by atoms with Crippen LogP contribution >= 0.6 is 34.8 Å². The van der Waals surface area contributed by atoms with E-state index in [1.165, 1.54) is 24.1 Å². The minimum Gasteiger partial charge on any atom is -0.497 e. The third-order valence-electron chi connectivity index (χ3n) is 5.42. The summed E-state index contributed by atoms with van der Waals surface area (Å²) in [6.07, 6.45) is 2.64. The quantitative estimate of drug-likeness (QED) is 0.290. The van der Waals surface area contributed by atoms with E-state index >= 15 is 0 Å². The van der Waals surface area contributed by atoms with Crippen molar-refractivity contribution in [1.82, 2.24) is 10.2 Å². The van der Waals surface area contributed by atoms with Crippen LogP contribution < -0.4 is 14.4 Å². The number of unbranched alkanes of at least 4 members (excludes halogenated alkanes) is 1. The SMILES string of the molecule is CCCCNC(=O)C(C)N(Cc1cccc(OC)c1)C(=O)CN(c1cc(Cl)c(Cl)cc1Cl)S(C)(=O)=O. The summed E-state index contributed by atoms with van der Waals surface area (Å²) >= 11 is 18.3. The van der Waals surface area contributed by atoms with Crippen molar-refractivity contribution in [3.63, 3.8) is 0 Å². The Morgan fingerprint density at radius 1 is 1.08 bits per heavy atom. The summed E-state index contributed by atoms with van der Waals surface area (Å²) in [5.41, 5.74) is 0.706. The lowest BCUT2D eigenvalue weighted by molar-refractivity contribution is -0.139. The minimum absolute atomic E-state index is 0.00305. The monoisotopic (exact) mass is 577 g/mol. The molecule has 0 aliphatic carbocycles. The fraction of sp³-hybridized carbons (Fsp3) is 0.417. The molecule has 12 heteroatoms. The van der Waals surface area contributed by atoms with Crippen molar-refractivity contribution in [2.75, 3.05) is 30.8 Å². The largest absolute Gasteiger partial charge is 0.497 e. The lowest BCUT2D eigenvalue weighted by atomic mass is 10.1. The summed E-state index contributed by atoms with van der Waals surface area (Å²) in [5, 5.41) is 3.05. The summed E-state index contributed by atoms with van der Waals surface area (Å²) in [5.74, 6) is -0.373. The van der Waals surface area contributed by atoms with Gasteiger partial charge in [0.25, 0.3) is 0 Å². The maximum Gasteiger partial charge on any atom is 0.244 e. The van der Waals surface area contributed by atoms with E-state index in [0.29, 0.717) is 17.9 Å². The van der Waals surface area contributed by atoms with Crippen molar-refractivity contribution < 1.29 is 22.7 Å². The number of anilines is 1. The number of hydrogen-bond donors (Lipinski definition) is 1. The van der Waals surface area contributed by atoms with Gasteiger partial charge in [-0.2, -0.15) is 0 Å². The van der Waals surface area contributed by atoms with E-state index in [9.17, 15) is 18.0 Å². The Bertz CT molecular complexity index is 1190. The maximum absolute atomic E-state index is 13.6. The van der Waals surface area contributed by atoms with Gasteiger partial charge >= 0.3 is 0 Å². The van der Waals surface area contributed by atoms with E-state index in [-0.39, 0.29) is 33.2 Å². The number of carbonyl (C=O) groups excluding carboxylic acids is 2. The van der Waals surface area contributed by atoms with Crippen LogP contribution in [-0.4, -0.2) is 57.6 Å². The zero-order valence-electron chi connectivity index (χ0n) is 20.6. The molecular formula is C24H30Cl3N3O5S. The maximum atomic E-state index is 13.6. The molecule has 0 aliphatic heterocycles. The Morgan fingerprint density at radius 3 is 2.36 bits per heavy atom. The number of sulfonamides is 1. The number of rotatable bonds is 12. The Morgan fingerprint density at radius 2 is 1.75 bits per heavy atom. The molecule has 0 heterocycles. The molecule has 0 bridgehead atoms. The van der Waals surface area contributed by atoms with Crippen LogP contribution in [0.25, 0.3) is 0 Å². The fourth-order valence-corrected chi connectivity index (χ4v) is 4.93. The van der Waals surface area contributed by atoms with Crippen LogP contribution in [0.5, 0.6) is 5.75 Å². The van der Waals surface area contributed by atoms with Gasteiger partial charge in [0.15, 0.2) is 0 Å². The van der Waals surface area contributed by atoms with E-state index in [1.807, 2.05) is 6.92 Å². The molecule has 0 aromatic heterocycles. The topological polar surface area (TPSA) is 96.0 Å². The molecule has 0 radical (unpaired) electrons. The molecule has 0 saturated carbocycles. The number of nitrogens with one attached hydrogen (secondary N) is 1. The average Bonchev–Trinajstić information content (AvgIpc) is 2.82. The number of nitrogens with zero attached hydrogens (tertiary/aromatic N) is 2. The van der Waals surface area contributed by atoms with Gasteiger partial charge in [-0.3, -0.25) is 13.9 Å². The standard InChI is InChI=1S/C24H30Cl3N3O5S/c1-5-6-10-28-24(32)16(2)29(14-17-8-7-9-18(11-17)35-3)23(31)15-30(36(4,33)34)22-13-20(26)19(25)12-21(22)27/h7-9,11-13,16H,5-6,10,14-15H2,1-4H3,(H,28,32). The molecule has 36 heavy (non-hydrogen) atoms. The molecule has 0 saturated heterocycles. The normalized spacial score (nSPS) is 12.1. The zero-order chi connectivity index (χ0) is 27.0. The van der Waals surface area contributed by atoms with Crippen molar-refractivity contribution >= 4 is 62.3 Å². The van der Waals surface area contributed by atoms with Crippen LogP contribution in [0.4, 0.5) is 5.69 Å². The van der Waals surface area contributed by atoms with Crippen LogP contribution in [0.15, 0.2) is 36.4 Å². The molecule has 1 atom stereocenters. The van der Waals surface area contributed by atoms with Gasteiger partial charge < -0.3 is 15.0 Å². The van der Waals surface area contributed by atoms with Crippen LogP contribution in [-0.2, 0) is 26.2 Å². The molecule has 0 fully saturated rings. The molecule has 2 amide bonds. The summed E-state index contributed by atoms with van der Waals surface area (Å²) < 4.78 is 31.5. The van der Waals surface area contributed by atoms with Crippen molar-refractivity contribution in [1.29, 1.82) is 0 Å². The molecule has 1 N–H and O–H groups in total. The minimum atomic E-state index is -3.97. The fourth-order valence-electron chi connectivity index (χ4n) is 3.38. The molecule has 2 aromatic rings. The van der Waals surface area contributed by atoms with Gasteiger partial charge in [-0.25, -0.2) is 8.42 Å². The second-order valence-corrected chi connectivity index (χ2v) is 11.3. The van der Waals surface area contributed by atoms with E-state index in [4.69, 9.17) is 39.5 Å². The summed E-state index contributed by atoms with van der Waals surface area (Å²) in [6, 6.07) is 8.76. The van der Waals surface area contributed by atoms with Gasteiger partial charge in [-0.1, -0.05) is 60.3 Å². The number of methoxy groups -OCH3 is 1. The lowest BCUT2D eigenvalue weighted by Gasteiger charge is -2.32. The van der Waals surface area contributed by atoms with Gasteiger partial charge in [0.2, 0.25) is 21.8 Å². The van der Waals surface area contributed by atoms with Crippen LogP contribution in [0.1, 0.15) is 32.3 Å². The molecule has 2 aromatic carbocycles. The van der Waals surface area contributed by atoms with E-state index in [1.54, 1.807) is 31.2 Å². The smallest absolute Gasteiger partial charge is 0.244 e. The highest BCUT2D eigenvalue weighted by Gasteiger charge is 2.31. The van der Waals surface area contributed by atoms with Crippen LogP contribution in [0.2, 0.25) is 15.1 Å². The third kappa shape index (κ3) is 8.16. The molecule has 2 rings (SSSR count). The van der Waals surface area contributed by atoms with Gasteiger partial charge in [0.05, 0.1) is 34.1 Å². The number of carbonyl (C=O) groups is 2. The first-order chi connectivity index (χ1) is 16.9. The van der Waals surface area contributed by atoms with E-state index in [2.05, 4.69) is 5.32 Å². The first-order valence-electron chi connectivity index (χ1n) is 11.2. The number of ether oxygens (including phenoxy) is 1. The third-order valence-corrected chi connectivity index (χ3v) is 7.57. The van der Waals surface area contributed by atoms with Gasteiger partial charge in [0.1, 0.15) is 18.3 Å². The van der Waals surface area contributed by atoms with E-state index in [0.717, 1.165) is 23.4 Å². The Kier molecular flexibility index (Phi) is 11.2. The van der Waals surface area contributed by atoms with Crippen molar-refractivity contribution in [2.45, 2.75) is 39.3 Å². The van der Waals surface area contributed by atoms with Gasteiger partial charge in [0, 0.05) is 13.1 Å². The highest BCUT2D eigenvalue weighted by atomic mass is 35.5. The molecular weight excluding hydrogens is 549 g/mol. The number of benzene rings is 2. The first-order valence-corrected chi connectivity index (χ1v) is 14.2. The summed E-state index contributed by atoms with van der Waals surface area (Å²) in [7, 11) is -2.44. The Hall–Kier alpha value is -2.20. The van der Waals surface area contributed by atoms with Gasteiger partial charge in [-0.05, 0) is 43.2 Å². The molecule has 0 spiro atoms. The van der Waals surface area contributed by atoms with Crippen LogP contribution in [0.3, 0.4) is 0 Å². The first kappa shape index (κ1) is 30.0. The number of halogens is 3. The molecule has 0 aliphatic rings. The van der Waals surface area contributed by atoms with Crippen molar-refractivity contribution in [3.8, 4) is 5.75 Å². The van der Waals surface area contributed by atoms with Crippen LogP contribution in [0, 0.1) is 0 Å². The second-order valence-electron chi connectivity index (χ2n) is 8.18.